The number of H-pyrrole nitrogens is 1. The second kappa shape index (κ2) is 11.9. The molecule has 1 N–H and O–H groups in total. The van der Waals surface area contributed by atoms with Crippen molar-refractivity contribution < 1.29 is 14.0 Å². The van der Waals surface area contributed by atoms with Crippen LogP contribution < -0.4 is 9.62 Å². The molecule has 6 rings (SSSR count). The fourth-order valence-corrected chi connectivity index (χ4v) is 5.35. The molecule has 5 aromatic rings. The molecule has 39 heavy (non-hydrogen) atoms. The summed E-state index contributed by atoms with van der Waals surface area (Å²) in [6.45, 7) is 6.09. The zero-order valence-electron chi connectivity index (χ0n) is 21.9. The SMILES string of the molecule is Cc1ccc(OOSn2cc(-c3ccn[nH]3)c3cc(-c4ccc(OCCN5CCCCC5)cc4)cnc32)cc1. The molecule has 0 amide bonds. The molecular formula is C30H31N5O3S. The lowest BCUT2D eigenvalue weighted by Crippen LogP contribution is -2.33. The first kappa shape index (κ1) is 25.5. The van der Waals surface area contributed by atoms with E-state index in [1.54, 1.807) is 6.20 Å². The number of nitrogens with zero attached hydrogens (tertiary/aromatic N) is 4. The summed E-state index contributed by atoms with van der Waals surface area (Å²) in [6.07, 6.45) is 9.53. The smallest absolute Gasteiger partial charge is 0.170 e. The molecule has 3 aromatic heterocycles. The van der Waals surface area contributed by atoms with Gasteiger partial charge in [-0.2, -0.15) is 5.10 Å². The van der Waals surface area contributed by atoms with Gasteiger partial charge < -0.3 is 9.62 Å². The fourth-order valence-electron chi connectivity index (χ4n) is 4.81. The summed E-state index contributed by atoms with van der Waals surface area (Å²) in [7, 11) is 0. The lowest BCUT2D eigenvalue weighted by atomic mass is 10.0. The third-order valence-corrected chi connectivity index (χ3v) is 7.55. The summed E-state index contributed by atoms with van der Waals surface area (Å²) in [6, 6.07) is 20.0. The van der Waals surface area contributed by atoms with Crippen molar-refractivity contribution in [2.24, 2.45) is 0 Å². The Labute approximate surface area is 232 Å². The van der Waals surface area contributed by atoms with E-state index in [0.29, 0.717) is 12.4 Å². The average Bonchev–Trinajstić information content (AvgIpc) is 3.63. The number of piperidine rings is 1. The largest absolute Gasteiger partial charge is 0.492 e. The quantitative estimate of drug-likeness (QED) is 0.120. The summed E-state index contributed by atoms with van der Waals surface area (Å²) < 4.78 is 13.3. The van der Waals surface area contributed by atoms with Gasteiger partial charge in [0, 0.05) is 41.6 Å². The minimum absolute atomic E-state index is 0.632. The predicted molar refractivity (Wildman–Crippen MR) is 154 cm³/mol. The van der Waals surface area contributed by atoms with Crippen LogP contribution in [0.4, 0.5) is 0 Å². The highest BCUT2D eigenvalue weighted by Crippen LogP contribution is 2.34. The number of hydrogen-bond acceptors (Lipinski definition) is 7. The van der Waals surface area contributed by atoms with E-state index in [9.17, 15) is 0 Å². The molecule has 1 saturated heterocycles. The van der Waals surface area contributed by atoms with Gasteiger partial charge in [-0.25, -0.2) is 8.96 Å². The molecule has 0 aliphatic carbocycles. The predicted octanol–water partition coefficient (Wildman–Crippen LogP) is 6.69. The highest BCUT2D eigenvalue weighted by atomic mass is 32.2. The Balaban J connectivity index is 1.18. The van der Waals surface area contributed by atoms with Crippen LogP contribution in [0.15, 0.2) is 79.3 Å². The second-order valence-corrected chi connectivity index (χ2v) is 10.4. The Morgan fingerprint density at radius 2 is 1.72 bits per heavy atom. The van der Waals surface area contributed by atoms with Crippen LogP contribution in [0, 0.1) is 6.92 Å². The average molecular weight is 542 g/mol. The molecule has 0 radical (unpaired) electrons. The third-order valence-electron chi connectivity index (χ3n) is 6.98. The fraction of sp³-hybridized carbons (Fsp3) is 0.267. The van der Waals surface area contributed by atoms with Gasteiger partial charge in [-0.3, -0.25) is 10.00 Å². The number of rotatable bonds is 10. The van der Waals surface area contributed by atoms with E-state index in [2.05, 4.69) is 33.3 Å². The number of aromatic nitrogens is 4. The van der Waals surface area contributed by atoms with Gasteiger partial charge in [0.15, 0.2) is 23.6 Å². The Morgan fingerprint density at radius 1 is 0.923 bits per heavy atom. The van der Waals surface area contributed by atoms with Crippen molar-refractivity contribution in [1.29, 1.82) is 0 Å². The Kier molecular flexibility index (Phi) is 7.80. The van der Waals surface area contributed by atoms with Crippen molar-refractivity contribution in [2.75, 3.05) is 26.2 Å². The highest BCUT2D eigenvalue weighted by molar-refractivity contribution is 7.93. The second-order valence-electron chi connectivity index (χ2n) is 9.75. The number of benzene rings is 2. The van der Waals surface area contributed by atoms with Crippen molar-refractivity contribution >= 4 is 23.3 Å². The van der Waals surface area contributed by atoms with Crippen LogP contribution in [0.5, 0.6) is 11.5 Å². The van der Waals surface area contributed by atoms with Crippen molar-refractivity contribution in [3.8, 4) is 33.9 Å². The van der Waals surface area contributed by atoms with Crippen LogP contribution in [0.1, 0.15) is 24.8 Å². The molecule has 0 unspecified atom stereocenters. The van der Waals surface area contributed by atoms with Crippen LogP contribution in [0.25, 0.3) is 33.4 Å². The van der Waals surface area contributed by atoms with E-state index in [0.717, 1.165) is 63.5 Å². The Hall–Kier alpha value is -3.79. The molecule has 8 nitrogen and oxygen atoms in total. The molecule has 0 spiro atoms. The lowest BCUT2D eigenvalue weighted by Gasteiger charge is -2.26. The minimum Gasteiger partial charge on any atom is -0.492 e. The van der Waals surface area contributed by atoms with E-state index in [1.165, 1.54) is 32.4 Å². The molecule has 2 aromatic carbocycles. The molecule has 1 aliphatic heterocycles. The molecule has 0 atom stereocenters. The maximum Gasteiger partial charge on any atom is 0.170 e. The number of likely N-dealkylation sites (tertiary alicyclic amines) is 1. The molecule has 1 aliphatic rings. The maximum atomic E-state index is 6.02. The zero-order valence-corrected chi connectivity index (χ0v) is 22.7. The maximum absolute atomic E-state index is 6.02. The molecule has 0 saturated carbocycles. The van der Waals surface area contributed by atoms with Gasteiger partial charge >= 0.3 is 0 Å². The van der Waals surface area contributed by atoms with E-state index in [-0.39, 0.29) is 0 Å². The lowest BCUT2D eigenvalue weighted by molar-refractivity contribution is -0.0785. The van der Waals surface area contributed by atoms with Gasteiger partial charge in [-0.1, -0.05) is 40.6 Å². The first-order valence-electron chi connectivity index (χ1n) is 13.3. The van der Waals surface area contributed by atoms with Crippen LogP contribution in [-0.2, 0) is 4.33 Å². The summed E-state index contributed by atoms with van der Waals surface area (Å²) in [5.74, 6) is 1.52. The van der Waals surface area contributed by atoms with E-state index < -0.39 is 0 Å². The molecular weight excluding hydrogens is 510 g/mol. The van der Waals surface area contributed by atoms with E-state index in [4.69, 9.17) is 18.9 Å². The summed E-state index contributed by atoms with van der Waals surface area (Å²) in [4.78, 5) is 12.7. The Morgan fingerprint density at radius 3 is 2.49 bits per heavy atom. The topological polar surface area (TPSA) is 77.4 Å². The first-order valence-corrected chi connectivity index (χ1v) is 14.0. The molecule has 4 heterocycles. The summed E-state index contributed by atoms with van der Waals surface area (Å²) >= 11 is 1.07. The summed E-state index contributed by atoms with van der Waals surface area (Å²) in [5, 5.41) is 8.17. The molecule has 1 fully saturated rings. The third kappa shape index (κ3) is 6.11. The first-order chi connectivity index (χ1) is 19.2. The highest BCUT2D eigenvalue weighted by Gasteiger charge is 2.16. The van der Waals surface area contributed by atoms with Gasteiger partial charge in [0.1, 0.15) is 12.4 Å². The van der Waals surface area contributed by atoms with Crippen LogP contribution in [0.2, 0.25) is 0 Å². The number of pyridine rings is 1. The summed E-state index contributed by atoms with van der Waals surface area (Å²) in [5.41, 5.74) is 5.88. The number of aryl methyl sites for hydroxylation is 1. The number of nitrogens with one attached hydrogen (secondary N) is 1. The van der Waals surface area contributed by atoms with Crippen molar-refractivity contribution in [3.05, 3.63) is 84.8 Å². The number of hydrogen-bond donors (Lipinski definition) is 1. The number of fused-ring (bicyclic) bond motifs is 1. The van der Waals surface area contributed by atoms with Gasteiger partial charge in [-0.05, 0) is 74.8 Å². The number of aromatic amines is 1. The normalized spacial score (nSPS) is 14.1. The standard InChI is InChI=1S/C30H31N5O3S/c1-22-5-9-26(10-6-22)37-38-39-35-21-28(29-13-14-32-33-29)27-19-24(20-31-30(27)35)23-7-11-25(12-8-23)36-18-17-34-15-3-2-4-16-34/h5-14,19-21H,2-4,15-18H2,1H3,(H,32,33). The molecule has 200 valence electrons. The molecule has 9 heteroatoms. The number of ether oxygens (including phenoxy) is 1. The minimum atomic E-state index is 0.632. The van der Waals surface area contributed by atoms with Crippen LogP contribution in [0.3, 0.4) is 0 Å². The van der Waals surface area contributed by atoms with Gasteiger partial charge in [0.2, 0.25) is 0 Å². The monoisotopic (exact) mass is 541 g/mol. The Bertz CT molecular complexity index is 1490. The van der Waals surface area contributed by atoms with Crippen molar-refractivity contribution in [3.63, 3.8) is 0 Å². The van der Waals surface area contributed by atoms with E-state index in [1.807, 2.05) is 65.8 Å². The molecule has 0 bridgehead atoms. The van der Waals surface area contributed by atoms with Gasteiger partial charge in [0.25, 0.3) is 0 Å². The van der Waals surface area contributed by atoms with Crippen LogP contribution >= 0.6 is 12.2 Å². The van der Waals surface area contributed by atoms with Crippen molar-refractivity contribution in [1.82, 2.24) is 24.1 Å². The van der Waals surface area contributed by atoms with Crippen molar-refractivity contribution in [2.45, 2.75) is 26.2 Å². The zero-order chi connectivity index (χ0) is 26.4. The van der Waals surface area contributed by atoms with Crippen LogP contribution in [-0.4, -0.2) is 50.3 Å². The van der Waals surface area contributed by atoms with E-state index >= 15 is 0 Å². The van der Waals surface area contributed by atoms with Gasteiger partial charge in [-0.15, -0.1) is 0 Å². The van der Waals surface area contributed by atoms with Gasteiger partial charge in [0.05, 0.1) is 5.69 Å².